The van der Waals surface area contributed by atoms with Crippen LogP contribution in [-0.2, 0) is 13.0 Å². The Bertz CT molecular complexity index is 902. The van der Waals surface area contributed by atoms with Gasteiger partial charge >= 0.3 is 5.97 Å². The number of likely N-dealkylation sites (tertiary alicyclic amines) is 1. The topological polar surface area (TPSA) is 97.9 Å². The molecular formula is C20H23N5O2. The van der Waals surface area contributed by atoms with Gasteiger partial charge in [0.05, 0.1) is 12.4 Å². The number of carboxylic acid groups (broad SMARTS) is 1. The minimum atomic E-state index is -0.963. The third-order valence-electron chi connectivity index (χ3n) is 5.23. The van der Waals surface area contributed by atoms with Crippen LogP contribution in [0.5, 0.6) is 0 Å². The van der Waals surface area contributed by atoms with Crippen molar-refractivity contribution in [2.24, 2.45) is 0 Å². The number of hydrogen-bond acceptors (Lipinski definition) is 4. The SMILES string of the molecule is O=C(O)c1[nH]ncc1CN1CCCC(c2[nH]ncc2Cc2ccccc2)C1. The molecule has 1 saturated heterocycles. The Morgan fingerprint density at radius 2 is 1.93 bits per heavy atom. The lowest BCUT2D eigenvalue weighted by molar-refractivity contribution is 0.0687. The monoisotopic (exact) mass is 365 g/mol. The Morgan fingerprint density at radius 1 is 1.15 bits per heavy atom. The number of benzene rings is 1. The Hall–Kier alpha value is -2.93. The number of nitrogens with one attached hydrogen (secondary N) is 2. The van der Waals surface area contributed by atoms with Crippen LogP contribution in [0.2, 0.25) is 0 Å². The number of aromatic amines is 2. The molecule has 27 heavy (non-hydrogen) atoms. The fourth-order valence-corrected chi connectivity index (χ4v) is 3.92. The molecule has 4 rings (SSSR count). The zero-order chi connectivity index (χ0) is 18.6. The maximum Gasteiger partial charge on any atom is 0.354 e. The van der Waals surface area contributed by atoms with Crippen molar-refractivity contribution in [1.29, 1.82) is 0 Å². The van der Waals surface area contributed by atoms with Crippen LogP contribution in [0.1, 0.15) is 51.6 Å². The zero-order valence-corrected chi connectivity index (χ0v) is 15.1. The van der Waals surface area contributed by atoms with E-state index in [2.05, 4.69) is 49.6 Å². The van der Waals surface area contributed by atoms with Gasteiger partial charge in [0.2, 0.25) is 0 Å². The third-order valence-corrected chi connectivity index (χ3v) is 5.23. The third kappa shape index (κ3) is 3.93. The summed E-state index contributed by atoms with van der Waals surface area (Å²) in [6, 6.07) is 10.4. The van der Waals surface area contributed by atoms with Crippen LogP contribution < -0.4 is 0 Å². The van der Waals surface area contributed by atoms with E-state index in [1.54, 1.807) is 6.20 Å². The highest BCUT2D eigenvalue weighted by atomic mass is 16.4. The van der Waals surface area contributed by atoms with Gasteiger partial charge in [0.1, 0.15) is 5.69 Å². The standard InChI is InChI=1S/C20H23N5O2/c26-20(27)19-17(11-22-24-19)13-25-8-4-7-15(12-25)18-16(10-21-23-18)9-14-5-2-1-3-6-14/h1-3,5-6,10-11,15H,4,7-9,12-13H2,(H,21,23)(H,22,24)(H,26,27). The van der Waals surface area contributed by atoms with Gasteiger partial charge in [0.15, 0.2) is 0 Å². The van der Waals surface area contributed by atoms with Crippen molar-refractivity contribution in [3.8, 4) is 0 Å². The largest absolute Gasteiger partial charge is 0.477 e. The van der Waals surface area contributed by atoms with Gasteiger partial charge in [-0.1, -0.05) is 30.3 Å². The number of carboxylic acids is 1. The summed E-state index contributed by atoms with van der Waals surface area (Å²) in [5, 5.41) is 23.2. The van der Waals surface area contributed by atoms with E-state index >= 15 is 0 Å². The average molecular weight is 365 g/mol. The van der Waals surface area contributed by atoms with Crippen LogP contribution in [0, 0.1) is 0 Å². The fraction of sp³-hybridized carbons (Fsp3) is 0.350. The first-order chi connectivity index (χ1) is 13.2. The maximum absolute atomic E-state index is 11.3. The zero-order valence-electron chi connectivity index (χ0n) is 15.1. The van der Waals surface area contributed by atoms with E-state index in [4.69, 9.17) is 0 Å². The number of H-pyrrole nitrogens is 2. The molecule has 140 valence electrons. The molecule has 0 radical (unpaired) electrons. The summed E-state index contributed by atoms with van der Waals surface area (Å²) in [6.45, 7) is 2.44. The van der Waals surface area contributed by atoms with Gasteiger partial charge in [0.25, 0.3) is 0 Å². The van der Waals surface area contributed by atoms with Crippen molar-refractivity contribution < 1.29 is 9.90 Å². The molecule has 0 amide bonds. The van der Waals surface area contributed by atoms with Crippen molar-refractivity contribution in [1.82, 2.24) is 25.3 Å². The van der Waals surface area contributed by atoms with E-state index in [0.717, 1.165) is 37.9 Å². The molecule has 0 spiro atoms. The molecule has 7 nitrogen and oxygen atoms in total. The molecule has 3 aromatic rings. The second-order valence-electron chi connectivity index (χ2n) is 7.12. The highest BCUT2D eigenvalue weighted by Gasteiger charge is 2.26. The van der Waals surface area contributed by atoms with Gasteiger partial charge in [-0.2, -0.15) is 10.2 Å². The average Bonchev–Trinajstić information content (AvgIpc) is 3.32. The van der Waals surface area contributed by atoms with Crippen molar-refractivity contribution >= 4 is 5.97 Å². The molecule has 2 aromatic heterocycles. The Morgan fingerprint density at radius 3 is 2.74 bits per heavy atom. The molecule has 3 heterocycles. The summed E-state index contributed by atoms with van der Waals surface area (Å²) < 4.78 is 0. The molecule has 3 N–H and O–H groups in total. The van der Waals surface area contributed by atoms with E-state index in [0.29, 0.717) is 12.5 Å². The highest BCUT2D eigenvalue weighted by molar-refractivity contribution is 5.86. The first kappa shape index (κ1) is 17.5. The first-order valence-electron chi connectivity index (χ1n) is 9.24. The van der Waals surface area contributed by atoms with Gasteiger partial charge in [-0.15, -0.1) is 0 Å². The summed E-state index contributed by atoms with van der Waals surface area (Å²) in [7, 11) is 0. The summed E-state index contributed by atoms with van der Waals surface area (Å²) in [6.07, 6.45) is 6.60. The number of piperidine rings is 1. The fourth-order valence-electron chi connectivity index (χ4n) is 3.92. The van der Waals surface area contributed by atoms with Crippen LogP contribution in [0.25, 0.3) is 0 Å². The van der Waals surface area contributed by atoms with Crippen LogP contribution in [0.3, 0.4) is 0 Å². The van der Waals surface area contributed by atoms with Crippen molar-refractivity contribution in [3.05, 3.63) is 70.8 Å². The Balaban J connectivity index is 1.47. The second-order valence-corrected chi connectivity index (χ2v) is 7.12. The predicted molar refractivity (Wildman–Crippen MR) is 101 cm³/mol. The lowest BCUT2D eigenvalue weighted by Gasteiger charge is -2.32. The molecule has 0 saturated carbocycles. The van der Waals surface area contributed by atoms with E-state index < -0.39 is 5.97 Å². The molecule has 1 aliphatic heterocycles. The van der Waals surface area contributed by atoms with E-state index in [1.165, 1.54) is 16.8 Å². The minimum absolute atomic E-state index is 0.184. The maximum atomic E-state index is 11.3. The Labute approximate surface area is 157 Å². The molecular weight excluding hydrogens is 342 g/mol. The molecule has 0 bridgehead atoms. The lowest BCUT2D eigenvalue weighted by Crippen LogP contribution is -2.34. The molecule has 1 aromatic carbocycles. The minimum Gasteiger partial charge on any atom is -0.477 e. The van der Waals surface area contributed by atoms with Crippen LogP contribution in [0.4, 0.5) is 0 Å². The summed E-state index contributed by atoms with van der Waals surface area (Å²) >= 11 is 0. The van der Waals surface area contributed by atoms with Gasteiger partial charge < -0.3 is 5.11 Å². The molecule has 7 heteroatoms. The second kappa shape index (κ2) is 7.75. The van der Waals surface area contributed by atoms with Gasteiger partial charge in [-0.05, 0) is 30.5 Å². The molecule has 0 aliphatic carbocycles. The van der Waals surface area contributed by atoms with Crippen LogP contribution in [-0.4, -0.2) is 49.5 Å². The van der Waals surface area contributed by atoms with E-state index in [9.17, 15) is 9.90 Å². The normalized spacial score (nSPS) is 17.9. The van der Waals surface area contributed by atoms with Gasteiger partial charge in [-0.25, -0.2) is 4.79 Å². The molecule has 1 aliphatic rings. The number of aromatic nitrogens is 4. The smallest absolute Gasteiger partial charge is 0.354 e. The van der Waals surface area contributed by atoms with E-state index in [1.807, 2.05) is 12.3 Å². The summed E-state index contributed by atoms with van der Waals surface area (Å²) in [5.74, 6) is -0.588. The number of nitrogens with zero attached hydrogens (tertiary/aromatic N) is 3. The highest BCUT2D eigenvalue weighted by Crippen LogP contribution is 2.29. The number of hydrogen-bond donors (Lipinski definition) is 3. The van der Waals surface area contributed by atoms with Crippen LogP contribution in [0.15, 0.2) is 42.7 Å². The summed E-state index contributed by atoms with van der Waals surface area (Å²) in [5.41, 5.74) is 4.63. The van der Waals surface area contributed by atoms with Crippen molar-refractivity contribution in [2.75, 3.05) is 13.1 Å². The van der Waals surface area contributed by atoms with Crippen molar-refractivity contribution in [3.63, 3.8) is 0 Å². The number of carbonyl (C=O) groups is 1. The van der Waals surface area contributed by atoms with E-state index in [-0.39, 0.29) is 5.69 Å². The van der Waals surface area contributed by atoms with Gasteiger partial charge in [0, 0.05) is 36.7 Å². The van der Waals surface area contributed by atoms with Crippen LogP contribution >= 0.6 is 0 Å². The first-order valence-corrected chi connectivity index (χ1v) is 9.24. The quantitative estimate of drug-likeness (QED) is 0.624. The summed E-state index contributed by atoms with van der Waals surface area (Å²) in [4.78, 5) is 13.6. The number of rotatable bonds is 6. The van der Waals surface area contributed by atoms with Gasteiger partial charge in [-0.3, -0.25) is 15.1 Å². The van der Waals surface area contributed by atoms with Crippen molar-refractivity contribution in [2.45, 2.75) is 31.7 Å². The predicted octanol–water partition coefficient (Wildman–Crippen LogP) is 2.80. The lowest BCUT2D eigenvalue weighted by atomic mass is 9.90. The molecule has 1 fully saturated rings. The molecule has 1 atom stereocenters. The Kier molecular flexibility index (Phi) is 5.02. The number of aromatic carboxylic acids is 1. The molecule has 1 unspecified atom stereocenters.